The summed E-state index contributed by atoms with van der Waals surface area (Å²) in [6, 6.07) is 15.2. The lowest BCUT2D eigenvalue weighted by atomic mass is 10.1. The zero-order valence-electron chi connectivity index (χ0n) is 14.5. The Labute approximate surface area is 151 Å². The SMILES string of the molecule is CC(=O)Nc1ccc(C=NNC(=O)CCc2c[nH]c3ccccc23)cc1. The first-order valence-corrected chi connectivity index (χ1v) is 8.36. The van der Waals surface area contributed by atoms with Crippen molar-refractivity contribution in [3.05, 3.63) is 65.9 Å². The fraction of sp³-hybridized carbons (Fsp3) is 0.150. The van der Waals surface area contributed by atoms with Crippen molar-refractivity contribution in [2.45, 2.75) is 19.8 Å². The van der Waals surface area contributed by atoms with Crippen molar-refractivity contribution < 1.29 is 9.59 Å². The van der Waals surface area contributed by atoms with Crippen molar-refractivity contribution in [2.24, 2.45) is 5.10 Å². The maximum atomic E-state index is 12.0. The van der Waals surface area contributed by atoms with Crippen molar-refractivity contribution in [3.63, 3.8) is 0 Å². The van der Waals surface area contributed by atoms with Crippen molar-refractivity contribution >= 4 is 34.6 Å². The van der Waals surface area contributed by atoms with Crippen LogP contribution in [0.1, 0.15) is 24.5 Å². The van der Waals surface area contributed by atoms with Crippen LogP contribution in [0.3, 0.4) is 0 Å². The van der Waals surface area contributed by atoms with Gasteiger partial charge in [0.05, 0.1) is 6.21 Å². The van der Waals surface area contributed by atoms with Crippen LogP contribution in [0.4, 0.5) is 5.69 Å². The number of aryl methyl sites for hydroxylation is 1. The van der Waals surface area contributed by atoms with E-state index in [1.54, 1.807) is 18.3 Å². The third kappa shape index (κ3) is 4.57. The van der Waals surface area contributed by atoms with Crippen LogP contribution >= 0.6 is 0 Å². The first-order chi connectivity index (χ1) is 12.6. The molecule has 0 radical (unpaired) electrons. The number of hydrogen-bond acceptors (Lipinski definition) is 3. The van der Waals surface area contributed by atoms with Gasteiger partial charge in [-0.2, -0.15) is 5.10 Å². The Morgan fingerprint density at radius 3 is 2.65 bits per heavy atom. The summed E-state index contributed by atoms with van der Waals surface area (Å²) in [4.78, 5) is 26.1. The van der Waals surface area contributed by atoms with E-state index in [4.69, 9.17) is 0 Å². The molecule has 0 unspecified atom stereocenters. The Balaban J connectivity index is 1.49. The average molecular weight is 348 g/mol. The van der Waals surface area contributed by atoms with E-state index in [-0.39, 0.29) is 11.8 Å². The maximum Gasteiger partial charge on any atom is 0.240 e. The first-order valence-electron chi connectivity index (χ1n) is 8.36. The minimum absolute atomic E-state index is 0.117. The summed E-state index contributed by atoms with van der Waals surface area (Å²) < 4.78 is 0. The molecule has 0 bridgehead atoms. The van der Waals surface area contributed by atoms with Gasteiger partial charge in [-0.25, -0.2) is 5.43 Å². The number of hydrogen-bond donors (Lipinski definition) is 3. The highest BCUT2D eigenvalue weighted by molar-refractivity contribution is 5.89. The molecule has 2 aromatic carbocycles. The molecule has 0 saturated carbocycles. The molecule has 3 aromatic rings. The van der Waals surface area contributed by atoms with Gasteiger partial charge in [0.25, 0.3) is 0 Å². The molecule has 26 heavy (non-hydrogen) atoms. The van der Waals surface area contributed by atoms with Crippen molar-refractivity contribution in [1.82, 2.24) is 10.4 Å². The fourth-order valence-electron chi connectivity index (χ4n) is 2.68. The van der Waals surface area contributed by atoms with Crippen LogP contribution in [0.25, 0.3) is 10.9 Å². The summed E-state index contributed by atoms with van der Waals surface area (Å²) in [6.45, 7) is 1.46. The maximum absolute atomic E-state index is 12.0. The van der Waals surface area contributed by atoms with Crippen LogP contribution in [0.5, 0.6) is 0 Å². The molecule has 0 saturated heterocycles. The van der Waals surface area contributed by atoms with E-state index in [2.05, 4.69) is 20.8 Å². The highest BCUT2D eigenvalue weighted by atomic mass is 16.2. The van der Waals surface area contributed by atoms with E-state index < -0.39 is 0 Å². The largest absolute Gasteiger partial charge is 0.361 e. The summed E-state index contributed by atoms with van der Waals surface area (Å²) in [7, 11) is 0. The Morgan fingerprint density at radius 2 is 1.88 bits per heavy atom. The monoisotopic (exact) mass is 348 g/mol. The fourth-order valence-corrected chi connectivity index (χ4v) is 2.68. The van der Waals surface area contributed by atoms with Crippen LogP contribution in [0, 0.1) is 0 Å². The van der Waals surface area contributed by atoms with E-state index in [1.807, 2.05) is 42.6 Å². The van der Waals surface area contributed by atoms with Crippen LogP contribution < -0.4 is 10.7 Å². The molecule has 1 aromatic heterocycles. The van der Waals surface area contributed by atoms with Gasteiger partial charge in [0, 0.05) is 36.1 Å². The number of rotatable bonds is 6. The normalized spacial score (nSPS) is 11.0. The lowest BCUT2D eigenvalue weighted by Gasteiger charge is -2.02. The molecular formula is C20H20N4O2. The average Bonchev–Trinajstić information content (AvgIpc) is 3.04. The summed E-state index contributed by atoms with van der Waals surface area (Å²) in [5.74, 6) is -0.254. The number of carbonyl (C=O) groups excluding carboxylic acids is 2. The molecule has 0 aliphatic carbocycles. The highest BCUT2D eigenvalue weighted by Crippen LogP contribution is 2.18. The summed E-state index contributed by atoms with van der Waals surface area (Å²) >= 11 is 0. The number of H-pyrrole nitrogens is 1. The van der Waals surface area contributed by atoms with E-state index in [9.17, 15) is 9.59 Å². The lowest BCUT2D eigenvalue weighted by Crippen LogP contribution is -2.17. The molecule has 0 spiro atoms. The van der Waals surface area contributed by atoms with E-state index in [0.29, 0.717) is 12.8 Å². The van der Waals surface area contributed by atoms with Crippen molar-refractivity contribution in [1.29, 1.82) is 0 Å². The number of hydrazone groups is 1. The van der Waals surface area contributed by atoms with Crippen LogP contribution in [0.15, 0.2) is 59.8 Å². The standard InChI is InChI=1S/C20H20N4O2/c1-14(25)23-17-9-6-15(7-10-17)12-22-24-20(26)11-8-16-13-21-19-5-3-2-4-18(16)19/h2-7,9-10,12-13,21H,8,11H2,1H3,(H,23,25)(H,24,26). The van der Waals surface area contributed by atoms with Gasteiger partial charge in [0.15, 0.2) is 0 Å². The lowest BCUT2D eigenvalue weighted by molar-refractivity contribution is -0.121. The molecule has 6 heteroatoms. The minimum atomic E-state index is -0.138. The third-order valence-electron chi connectivity index (χ3n) is 3.93. The molecule has 3 N–H and O–H groups in total. The molecule has 6 nitrogen and oxygen atoms in total. The predicted octanol–water partition coefficient (Wildman–Crippen LogP) is 3.21. The third-order valence-corrected chi connectivity index (χ3v) is 3.93. The van der Waals surface area contributed by atoms with Crippen LogP contribution in [0.2, 0.25) is 0 Å². The number of amides is 2. The number of fused-ring (bicyclic) bond motifs is 1. The second kappa shape index (κ2) is 8.11. The van der Waals surface area contributed by atoms with Gasteiger partial charge in [-0.15, -0.1) is 0 Å². The first kappa shape index (κ1) is 17.4. The number of anilines is 1. The Hall–Kier alpha value is -3.41. The van der Waals surface area contributed by atoms with Gasteiger partial charge in [-0.05, 0) is 35.7 Å². The second-order valence-electron chi connectivity index (χ2n) is 5.96. The zero-order chi connectivity index (χ0) is 18.4. The molecular weight excluding hydrogens is 328 g/mol. The Kier molecular flexibility index (Phi) is 5.43. The van der Waals surface area contributed by atoms with E-state index in [0.717, 1.165) is 27.7 Å². The number of para-hydroxylation sites is 1. The molecule has 0 aliphatic heterocycles. The molecule has 0 atom stereocenters. The van der Waals surface area contributed by atoms with Gasteiger partial charge >= 0.3 is 0 Å². The molecule has 0 aliphatic rings. The highest BCUT2D eigenvalue weighted by Gasteiger charge is 2.06. The van der Waals surface area contributed by atoms with Gasteiger partial charge < -0.3 is 10.3 Å². The molecule has 3 rings (SSSR count). The van der Waals surface area contributed by atoms with Gasteiger partial charge in [-0.1, -0.05) is 30.3 Å². The van der Waals surface area contributed by atoms with E-state index in [1.165, 1.54) is 6.92 Å². The van der Waals surface area contributed by atoms with Crippen LogP contribution in [-0.4, -0.2) is 23.0 Å². The molecule has 132 valence electrons. The zero-order valence-corrected chi connectivity index (χ0v) is 14.5. The van der Waals surface area contributed by atoms with E-state index >= 15 is 0 Å². The Bertz CT molecular complexity index is 942. The molecule has 1 heterocycles. The summed E-state index contributed by atoms with van der Waals surface area (Å²) in [5, 5.41) is 7.81. The quantitative estimate of drug-likeness (QED) is 0.472. The van der Waals surface area contributed by atoms with Gasteiger partial charge in [0.1, 0.15) is 0 Å². The van der Waals surface area contributed by atoms with Gasteiger partial charge in [0.2, 0.25) is 11.8 Å². The second-order valence-corrected chi connectivity index (χ2v) is 5.96. The number of benzene rings is 2. The molecule has 0 fully saturated rings. The number of aromatic amines is 1. The predicted molar refractivity (Wildman–Crippen MR) is 103 cm³/mol. The number of nitrogens with zero attached hydrogens (tertiary/aromatic N) is 1. The smallest absolute Gasteiger partial charge is 0.240 e. The van der Waals surface area contributed by atoms with Crippen LogP contribution in [-0.2, 0) is 16.0 Å². The topological polar surface area (TPSA) is 86.3 Å². The van der Waals surface area contributed by atoms with Crippen molar-refractivity contribution in [2.75, 3.05) is 5.32 Å². The molecule has 2 amide bonds. The van der Waals surface area contributed by atoms with Gasteiger partial charge in [-0.3, -0.25) is 9.59 Å². The number of aromatic nitrogens is 1. The minimum Gasteiger partial charge on any atom is -0.361 e. The van der Waals surface area contributed by atoms with Crippen molar-refractivity contribution in [3.8, 4) is 0 Å². The number of carbonyl (C=O) groups is 2. The Morgan fingerprint density at radius 1 is 1.12 bits per heavy atom. The summed E-state index contributed by atoms with van der Waals surface area (Å²) in [5.41, 5.74) is 6.28. The summed E-state index contributed by atoms with van der Waals surface area (Å²) in [6.07, 6.45) is 4.52. The number of nitrogens with one attached hydrogen (secondary N) is 3.